The average molecular weight is 309 g/mol. The molecule has 0 radical (unpaired) electrons. The normalized spacial score (nSPS) is 11.8. The third-order valence-electron chi connectivity index (χ3n) is 3.22. The van der Waals surface area contributed by atoms with Gasteiger partial charge in [-0.3, -0.25) is 0 Å². The van der Waals surface area contributed by atoms with Crippen LogP contribution in [0.15, 0.2) is 29.4 Å². The van der Waals surface area contributed by atoms with Gasteiger partial charge >= 0.3 is 0 Å². The third-order valence-corrected chi connectivity index (χ3v) is 4.33. The van der Waals surface area contributed by atoms with E-state index in [0.29, 0.717) is 6.61 Å². The summed E-state index contributed by atoms with van der Waals surface area (Å²) in [5.74, 6) is 0.724. The number of sulfone groups is 1. The molecule has 0 aliphatic heterocycles. The minimum Gasteiger partial charge on any atom is -0.385 e. The first-order valence-corrected chi connectivity index (χ1v) is 8.47. The molecule has 1 aromatic heterocycles. The Kier molecular flexibility index (Phi) is 4.74. The van der Waals surface area contributed by atoms with Crippen LogP contribution in [0.3, 0.4) is 0 Å². The summed E-state index contributed by atoms with van der Waals surface area (Å²) in [6.07, 6.45) is 3.55. The SMILES string of the molecule is COCCCN(C)c1ncnc2ccc(S(C)(=O)=O)cc12. The molecule has 0 N–H and O–H groups in total. The molecule has 6 nitrogen and oxygen atoms in total. The Morgan fingerprint density at radius 2 is 2.05 bits per heavy atom. The molecule has 21 heavy (non-hydrogen) atoms. The molecule has 0 bridgehead atoms. The average Bonchev–Trinajstić information content (AvgIpc) is 2.45. The van der Waals surface area contributed by atoms with Crippen molar-refractivity contribution in [3.8, 4) is 0 Å². The maximum Gasteiger partial charge on any atom is 0.175 e. The predicted octanol–water partition coefficient (Wildman–Crippen LogP) is 1.51. The largest absolute Gasteiger partial charge is 0.385 e. The van der Waals surface area contributed by atoms with Gasteiger partial charge in [0.05, 0.1) is 10.4 Å². The summed E-state index contributed by atoms with van der Waals surface area (Å²) in [7, 11) is 0.335. The van der Waals surface area contributed by atoms with Gasteiger partial charge in [0.2, 0.25) is 0 Å². The van der Waals surface area contributed by atoms with Crippen molar-refractivity contribution in [2.45, 2.75) is 11.3 Å². The lowest BCUT2D eigenvalue weighted by atomic mass is 10.2. The van der Waals surface area contributed by atoms with Crippen LogP contribution in [0.1, 0.15) is 6.42 Å². The molecule has 0 amide bonds. The van der Waals surface area contributed by atoms with E-state index >= 15 is 0 Å². The topological polar surface area (TPSA) is 72.4 Å². The summed E-state index contributed by atoms with van der Waals surface area (Å²) in [5, 5.41) is 0.736. The van der Waals surface area contributed by atoms with E-state index in [4.69, 9.17) is 4.74 Å². The van der Waals surface area contributed by atoms with Crippen LogP contribution in [0.4, 0.5) is 5.82 Å². The van der Waals surface area contributed by atoms with Crippen LogP contribution in [0.2, 0.25) is 0 Å². The summed E-state index contributed by atoms with van der Waals surface area (Å²) in [5.41, 5.74) is 0.728. The Bertz CT molecular complexity index is 731. The van der Waals surface area contributed by atoms with Crippen molar-refractivity contribution in [2.24, 2.45) is 0 Å². The molecule has 2 rings (SSSR count). The van der Waals surface area contributed by atoms with E-state index < -0.39 is 9.84 Å². The third kappa shape index (κ3) is 3.68. The lowest BCUT2D eigenvalue weighted by Crippen LogP contribution is -2.21. The van der Waals surface area contributed by atoms with Gasteiger partial charge in [-0.1, -0.05) is 0 Å². The summed E-state index contributed by atoms with van der Waals surface area (Å²) in [6.45, 7) is 1.44. The van der Waals surface area contributed by atoms with Gasteiger partial charge in [-0.05, 0) is 24.6 Å². The Labute approximate surface area is 124 Å². The van der Waals surface area contributed by atoms with Gasteiger partial charge in [-0.25, -0.2) is 18.4 Å². The first kappa shape index (κ1) is 15.7. The molecule has 2 aromatic rings. The second kappa shape index (κ2) is 6.36. The highest BCUT2D eigenvalue weighted by Crippen LogP contribution is 2.25. The zero-order chi connectivity index (χ0) is 15.5. The molecular formula is C14H19N3O3S. The lowest BCUT2D eigenvalue weighted by Gasteiger charge is -2.19. The number of anilines is 1. The number of aromatic nitrogens is 2. The van der Waals surface area contributed by atoms with Crippen LogP contribution in [-0.2, 0) is 14.6 Å². The molecular weight excluding hydrogens is 290 g/mol. The van der Waals surface area contributed by atoms with Gasteiger partial charge in [-0.15, -0.1) is 0 Å². The number of benzene rings is 1. The molecule has 0 spiro atoms. The minimum absolute atomic E-state index is 0.274. The van der Waals surface area contributed by atoms with Crippen molar-refractivity contribution in [1.82, 2.24) is 9.97 Å². The molecule has 0 aliphatic rings. The molecule has 7 heteroatoms. The maximum absolute atomic E-state index is 11.7. The molecule has 0 fully saturated rings. The van der Waals surface area contributed by atoms with Gasteiger partial charge in [0.1, 0.15) is 12.1 Å². The van der Waals surface area contributed by atoms with Crippen molar-refractivity contribution >= 4 is 26.6 Å². The van der Waals surface area contributed by atoms with Gasteiger partial charge < -0.3 is 9.64 Å². The summed E-state index contributed by atoms with van der Waals surface area (Å²) >= 11 is 0. The van der Waals surface area contributed by atoms with Crippen LogP contribution in [0, 0.1) is 0 Å². The fourth-order valence-electron chi connectivity index (χ4n) is 2.11. The highest BCUT2D eigenvalue weighted by atomic mass is 32.2. The van der Waals surface area contributed by atoms with E-state index in [2.05, 4.69) is 9.97 Å². The lowest BCUT2D eigenvalue weighted by molar-refractivity contribution is 0.196. The van der Waals surface area contributed by atoms with E-state index in [-0.39, 0.29) is 4.90 Å². The predicted molar refractivity (Wildman–Crippen MR) is 82.4 cm³/mol. The number of methoxy groups -OCH3 is 1. The van der Waals surface area contributed by atoms with Crippen molar-refractivity contribution in [2.75, 3.05) is 38.5 Å². The molecule has 0 aliphatic carbocycles. The number of hydrogen-bond donors (Lipinski definition) is 0. The molecule has 114 valence electrons. The summed E-state index contributed by atoms with van der Waals surface area (Å²) in [6, 6.07) is 4.91. The van der Waals surface area contributed by atoms with Crippen LogP contribution in [-0.4, -0.2) is 52.0 Å². The second-order valence-electron chi connectivity index (χ2n) is 4.92. The monoisotopic (exact) mass is 309 g/mol. The molecule has 0 saturated carbocycles. The zero-order valence-electron chi connectivity index (χ0n) is 12.4. The molecule has 1 heterocycles. The first-order valence-electron chi connectivity index (χ1n) is 6.58. The Balaban J connectivity index is 2.43. The van der Waals surface area contributed by atoms with Crippen molar-refractivity contribution in [1.29, 1.82) is 0 Å². The van der Waals surface area contributed by atoms with Crippen LogP contribution in [0.5, 0.6) is 0 Å². The highest BCUT2D eigenvalue weighted by molar-refractivity contribution is 7.90. The van der Waals surface area contributed by atoms with Crippen molar-refractivity contribution in [3.63, 3.8) is 0 Å². The van der Waals surface area contributed by atoms with Crippen LogP contribution >= 0.6 is 0 Å². The zero-order valence-corrected chi connectivity index (χ0v) is 13.2. The van der Waals surface area contributed by atoms with Gasteiger partial charge in [0.15, 0.2) is 9.84 Å². The number of hydrogen-bond acceptors (Lipinski definition) is 6. The Morgan fingerprint density at radius 3 is 2.71 bits per heavy atom. The summed E-state index contributed by atoms with van der Waals surface area (Å²) < 4.78 is 28.4. The van der Waals surface area contributed by atoms with Crippen molar-refractivity contribution < 1.29 is 13.2 Å². The molecule has 0 saturated heterocycles. The Hall–Kier alpha value is -1.73. The Morgan fingerprint density at radius 1 is 1.29 bits per heavy atom. The van der Waals surface area contributed by atoms with Gasteiger partial charge in [-0.2, -0.15) is 0 Å². The quantitative estimate of drug-likeness (QED) is 0.753. The van der Waals surface area contributed by atoms with Crippen LogP contribution in [0.25, 0.3) is 10.9 Å². The second-order valence-corrected chi connectivity index (χ2v) is 6.93. The van der Waals surface area contributed by atoms with Gasteiger partial charge in [0.25, 0.3) is 0 Å². The smallest absolute Gasteiger partial charge is 0.175 e. The fourth-order valence-corrected chi connectivity index (χ4v) is 2.76. The number of nitrogens with zero attached hydrogens (tertiary/aromatic N) is 3. The van der Waals surface area contributed by atoms with Crippen LogP contribution < -0.4 is 4.90 Å². The number of ether oxygens (including phenoxy) is 1. The molecule has 0 atom stereocenters. The highest BCUT2D eigenvalue weighted by Gasteiger charge is 2.13. The van der Waals surface area contributed by atoms with E-state index in [0.717, 1.165) is 29.7 Å². The van der Waals surface area contributed by atoms with Crippen molar-refractivity contribution in [3.05, 3.63) is 24.5 Å². The van der Waals surface area contributed by atoms with E-state index in [1.54, 1.807) is 25.3 Å². The number of fused-ring (bicyclic) bond motifs is 1. The summed E-state index contributed by atoms with van der Waals surface area (Å²) in [4.78, 5) is 10.7. The maximum atomic E-state index is 11.7. The number of rotatable bonds is 6. The minimum atomic E-state index is -3.25. The van der Waals surface area contributed by atoms with E-state index in [1.165, 1.54) is 12.6 Å². The standard InChI is InChI=1S/C14H19N3O3S/c1-17(7-4-8-20-2)14-12-9-11(21(3,18)19)5-6-13(12)15-10-16-14/h5-6,9-10H,4,7-8H2,1-3H3. The van der Waals surface area contributed by atoms with E-state index in [9.17, 15) is 8.42 Å². The molecule has 1 aromatic carbocycles. The fraction of sp³-hybridized carbons (Fsp3) is 0.429. The first-order chi connectivity index (χ1) is 9.93. The van der Waals surface area contributed by atoms with Gasteiger partial charge in [0, 0.05) is 39.0 Å². The molecule has 0 unspecified atom stereocenters. The van der Waals surface area contributed by atoms with E-state index in [1.807, 2.05) is 11.9 Å².